The molecular formula is C19H18FN3O4. The van der Waals surface area contributed by atoms with Gasteiger partial charge in [-0.3, -0.25) is 19.7 Å². The van der Waals surface area contributed by atoms with E-state index in [-0.39, 0.29) is 29.2 Å². The summed E-state index contributed by atoms with van der Waals surface area (Å²) >= 11 is 0. The minimum atomic E-state index is -0.895. The van der Waals surface area contributed by atoms with Crippen LogP contribution in [0.25, 0.3) is 0 Å². The van der Waals surface area contributed by atoms with Gasteiger partial charge in [0.15, 0.2) is 0 Å². The van der Waals surface area contributed by atoms with E-state index in [1.807, 2.05) is 0 Å². The number of nitrogens with zero attached hydrogens (tertiary/aromatic N) is 1. The van der Waals surface area contributed by atoms with E-state index in [9.17, 15) is 24.1 Å². The fraction of sp³-hybridized carbons (Fsp3) is 0.263. The van der Waals surface area contributed by atoms with Crippen molar-refractivity contribution in [2.24, 2.45) is 0 Å². The van der Waals surface area contributed by atoms with Crippen LogP contribution >= 0.6 is 0 Å². The normalized spacial score (nSPS) is 14.3. The van der Waals surface area contributed by atoms with Crippen LogP contribution in [0.2, 0.25) is 0 Å². The zero-order valence-electron chi connectivity index (χ0n) is 14.6. The van der Waals surface area contributed by atoms with E-state index in [4.69, 9.17) is 0 Å². The SMILES string of the molecule is Cc1ccc([N+](=O)[O-])cc1NC(=O)C(=O)NCC1(c2ccc(F)cc2)CC1. The summed E-state index contributed by atoms with van der Waals surface area (Å²) < 4.78 is 13.1. The van der Waals surface area contributed by atoms with Crippen molar-refractivity contribution < 1.29 is 18.9 Å². The predicted molar refractivity (Wildman–Crippen MR) is 96.8 cm³/mol. The molecule has 0 unspecified atom stereocenters. The second-order valence-electron chi connectivity index (χ2n) is 6.68. The Bertz CT molecular complexity index is 908. The first-order valence-corrected chi connectivity index (χ1v) is 8.41. The highest BCUT2D eigenvalue weighted by molar-refractivity contribution is 6.39. The number of nitro groups is 1. The Morgan fingerprint density at radius 2 is 1.81 bits per heavy atom. The van der Waals surface area contributed by atoms with Gasteiger partial charge in [-0.15, -0.1) is 0 Å². The van der Waals surface area contributed by atoms with Crippen molar-refractivity contribution in [1.82, 2.24) is 5.32 Å². The van der Waals surface area contributed by atoms with Crippen LogP contribution < -0.4 is 10.6 Å². The monoisotopic (exact) mass is 371 g/mol. The van der Waals surface area contributed by atoms with E-state index in [0.717, 1.165) is 18.4 Å². The highest BCUT2D eigenvalue weighted by atomic mass is 19.1. The van der Waals surface area contributed by atoms with Crippen molar-refractivity contribution in [2.75, 3.05) is 11.9 Å². The maximum absolute atomic E-state index is 13.1. The van der Waals surface area contributed by atoms with Crippen LogP contribution in [-0.2, 0) is 15.0 Å². The molecule has 7 nitrogen and oxygen atoms in total. The number of non-ortho nitro benzene ring substituents is 1. The molecule has 2 amide bonds. The van der Waals surface area contributed by atoms with Gasteiger partial charge >= 0.3 is 11.8 Å². The maximum Gasteiger partial charge on any atom is 0.313 e. The van der Waals surface area contributed by atoms with Crippen molar-refractivity contribution in [1.29, 1.82) is 0 Å². The van der Waals surface area contributed by atoms with Crippen LogP contribution in [0.15, 0.2) is 42.5 Å². The number of aryl methyl sites for hydroxylation is 1. The van der Waals surface area contributed by atoms with Gasteiger partial charge in [-0.05, 0) is 43.0 Å². The largest absolute Gasteiger partial charge is 0.347 e. The van der Waals surface area contributed by atoms with E-state index in [0.29, 0.717) is 5.56 Å². The van der Waals surface area contributed by atoms with Crippen molar-refractivity contribution in [3.05, 3.63) is 69.5 Å². The molecule has 0 atom stereocenters. The maximum atomic E-state index is 13.1. The lowest BCUT2D eigenvalue weighted by atomic mass is 9.96. The van der Waals surface area contributed by atoms with E-state index in [1.54, 1.807) is 19.1 Å². The Morgan fingerprint density at radius 3 is 2.41 bits per heavy atom. The number of carbonyl (C=O) groups is 2. The minimum Gasteiger partial charge on any atom is -0.347 e. The van der Waals surface area contributed by atoms with Crippen LogP contribution in [0.3, 0.4) is 0 Å². The minimum absolute atomic E-state index is 0.176. The van der Waals surface area contributed by atoms with Gasteiger partial charge in [-0.1, -0.05) is 18.2 Å². The van der Waals surface area contributed by atoms with Crippen LogP contribution in [0.1, 0.15) is 24.0 Å². The summed E-state index contributed by atoms with van der Waals surface area (Å²) in [5, 5.41) is 15.9. The summed E-state index contributed by atoms with van der Waals surface area (Å²) in [4.78, 5) is 34.5. The molecule has 1 aliphatic rings. The molecule has 0 heterocycles. The zero-order valence-corrected chi connectivity index (χ0v) is 14.6. The number of nitrogens with one attached hydrogen (secondary N) is 2. The van der Waals surface area contributed by atoms with E-state index >= 15 is 0 Å². The van der Waals surface area contributed by atoms with E-state index in [2.05, 4.69) is 10.6 Å². The molecule has 0 saturated heterocycles. The first-order valence-electron chi connectivity index (χ1n) is 8.41. The third-order valence-corrected chi connectivity index (χ3v) is 4.78. The summed E-state index contributed by atoms with van der Waals surface area (Å²) in [5.74, 6) is -2.05. The molecule has 0 spiro atoms. The molecule has 1 saturated carbocycles. The Hall–Kier alpha value is -3.29. The van der Waals surface area contributed by atoms with Crippen molar-refractivity contribution in [2.45, 2.75) is 25.2 Å². The smallest absolute Gasteiger partial charge is 0.313 e. The number of hydrogen-bond donors (Lipinski definition) is 2. The first kappa shape index (κ1) is 18.5. The number of hydrogen-bond acceptors (Lipinski definition) is 4. The number of amides is 2. The fourth-order valence-corrected chi connectivity index (χ4v) is 2.89. The fourth-order valence-electron chi connectivity index (χ4n) is 2.89. The van der Waals surface area contributed by atoms with Crippen molar-refractivity contribution in [3.8, 4) is 0 Å². The Kier molecular flexibility index (Phi) is 4.89. The standard InChI is InChI=1S/C19H18FN3O4/c1-12-2-7-15(23(26)27)10-16(12)22-18(25)17(24)21-11-19(8-9-19)13-3-5-14(20)6-4-13/h2-7,10H,8-9,11H2,1H3,(H,21,24)(H,22,25). The highest BCUT2D eigenvalue weighted by Crippen LogP contribution is 2.47. The molecule has 0 bridgehead atoms. The quantitative estimate of drug-likeness (QED) is 0.479. The number of anilines is 1. The Morgan fingerprint density at radius 1 is 1.15 bits per heavy atom. The van der Waals surface area contributed by atoms with Gasteiger partial charge in [0.1, 0.15) is 5.82 Å². The first-order chi connectivity index (χ1) is 12.8. The second kappa shape index (κ2) is 7.14. The van der Waals surface area contributed by atoms with Crippen LogP contribution in [-0.4, -0.2) is 23.3 Å². The summed E-state index contributed by atoms with van der Waals surface area (Å²) in [6, 6.07) is 10.1. The molecule has 2 aromatic carbocycles. The summed E-state index contributed by atoms with van der Waals surface area (Å²) in [5.41, 5.74) is 1.28. The average molecular weight is 371 g/mol. The molecule has 1 aliphatic carbocycles. The van der Waals surface area contributed by atoms with Gasteiger partial charge in [0, 0.05) is 24.1 Å². The number of rotatable bonds is 5. The highest BCUT2D eigenvalue weighted by Gasteiger charge is 2.44. The molecule has 2 N–H and O–H groups in total. The third kappa shape index (κ3) is 4.11. The predicted octanol–water partition coefficient (Wildman–Crippen LogP) is 2.83. The Labute approximate surface area is 154 Å². The molecule has 8 heteroatoms. The Balaban J connectivity index is 1.62. The van der Waals surface area contributed by atoms with Gasteiger partial charge in [0.05, 0.1) is 10.6 Å². The number of halogens is 1. The molecule has 0 radical (unpaired) electrons. The van der Waals surface area contributed by atoms with Gasteiger partial charge in [0.2, 0.25) is 0 Å². The zero-order chi connectivity index (χ0) is 19.6. The van der Waals surface area contributed by atoms with Crippen LogP contribution in [0.4, 0.5) is 15.8 Å². The lowest BCUT2D eigenvalue weighted by Gasteiger charge is -2.16. The van der Waals surface area contributed by atoms with Crippen molar-refractivity contribution >= 4 is 23.2 Å². The summed E-state index contributed by atoms with van der Waals surface area (Å²) in [7, 11) is 0. The molecular weight excluding hydrogens is 353 g/mol. The van der Waals surface area contributed by atoms with E-state index in [1.165, 1.54) is 30.3 Å². The van der Waals surface area contributed by atoms with Crippen LogP contribution in [0.5, 0.6) is 0 Å². The van der Waals surface area contributed by atoms with Gasteiger partial charge in [-0.2, -0.15) is 0 Å². The van der Waals surface area contributed by atoms with Gasteiger partial charge in [0.25, 0.3) is 5.69 Å². The molecule has 3 rings (SSSR count). The van der Waals surface area contributed by atoms with Gasteiger partial charge < -0.3 is 10.6 Å². The number of carbonyl (C=O) groups excluding carboxylic acids is 2. The lowest BCUT2D eigenvalue weighted by molar-refractivity contribution is -0.384. The molecule has 27 heavy (non-hydrogen) atoms. The summed E-state index contributed by atoms with van der Waals surface area (Å²) in [6.07, 6.45) is 1.68. The molecule has 140 valence electrons. The number of benzene rings is 2. The molecule has 0 aromatic heterocycles. The van der Waals surface area contributed by atoms with Crippen LogP contribution in [0, 0.1) is 22.9 Å². The number of nitro benzene ring substituents is 1. The lowest BCUT2D eigenvalue weighted by Crippen LogP contribution is -2.39. The second-order valence-corrected chi connectivity index (χ2v) is 6.68. The summed E-state index contributed by atoms with van der Waals surface area (Å²) in [6.45, 7) is 1.93. The topological polar surface area (TPSA) is 101 Å². The molecule has 0 aliphatic heterocycles. The third-order valence-electron chi connectivity index (χ3n) is 4.78. The molecule has 1 fully saturated rings. The average Bonchev–Trinajstić information content (AvgIpc) is 3.43. The van der Waals surface area contributed by atoms with Gasteiger partial charge in [-0.25, -0.2) is 4.39 Å². The van der Waals surface area contributed by atoms with E-state index < -0.39 is 16.7 Å². The van der Waals surface area contributed by atoms with Crippen molar-refractivity contribution in [3.63, 3.8) is 0 Å². The molecule has 2 aromatic rings.